The molecule has 28 heavy (non-hydrogen) atoms. The summed E-state index contributed by atoms with van der Waals surface area (Å²) >= 11 is 0. The minimum absolute atomic E-state index is 0.127. The molecule has 0 aliphatic carbocycles. The Kier molecular flexibility index (Phi) is 5.92. The maximum atomic E-state index is 13.1. The van der Waals surface area contributed by atoms with Gasteiger partial charge in [-0.15, -0.1) is 0 Å². The number of esters is 1. The predicted octanol–water partition coefficient (Wildman–Crippen LogP) is 2.15. The number of carbonyl (C=O) groups is 3. The van der Waals surface area contributed by atoms with Crippen LogP contribution in [-0.2, 0) is 14.3 Å². The topological polar surface area (TPSA) is 88.6 Å². The van der Waals surface area contributed by atoms with Crippen molar-refractivity contribution in [2.24, 2.45) is 5.92 Å². The molecule has 0 saturated carbocycles. The Morgan fingerprint density at radius 2 is 2.00 bits per heavy atom. The molecule has 2 amide bonds. The van der Waals surface area contributed by atoms with E-state index in [2.05, 4.69) is 10.3 Å². The molecule has 1 aliphatic heterocycles. The smallest absolute Gasteiger partial charge is 0.328 e. The average molecular weight is 383 g/mol. The number of carbonyl (C=O) groups excluding carboxylic acids is 3. The van der Waals surface area contributed by atoms with Gasteiger partial charge >= 0.3 is 5.97 Å². The second-order valence-corrected chi connectivity index (χ2v) is 7.35. The van der Waals surface area contributed by atoms with Crippen LogP contribution in [-0.4, -0.2) is 53.4 Å². The van der Waals surface area contributed by atoms with Crippen molar-refractivity contribution in [1.29, 1.82) is 0 Å². The largest absolute Gasteiger partial charge is 0.467 e. The monoisotopic (exact) mass is 383 g/mol. The van der Waals surface area contributed by atoms with Crippen molar-refractivity contribution < 1.29 is 19.1 Å². The van der Waals surface area contributed by atoms with E-state index in [1.165, 1.54) is 12.0 Å². The average Bonchev–Trinajstić information content (AvgIpc) is 3.20. The molecule has 3 rings (SSSR count). The number of benzene rings is 1. The number of amides is 2. The number of ether oxygens (including phenoxy) is 1. The molecule has 0 bridgehead atoms. The van der Waals surface area contributed by atoms with E-state index in [4.69, 9.17) is 4.74 Å². The highest BCUT2D eigenvalue weighted by Crippen LogP contribution is 2.21. The molecule has 7 nitrogen and oxygen atoms in total. The lowest BCUT2D eigenvalue weighted by Gasteiger charge is -2.30. The van der Waals surface area contributed by atoms with Crippen LogP contribution in [0.15, 0.2) is 36.7 Å². The number of rotatable bonds is 5. The third kappa shape index (κ3) is 3.98. The van der Waals surface area contributed by atoms with Crippen molar-refractivity contribution in [2.45, 2.75) is 38.8 Å². The van der Waals surface area contributed by atoms with Crippen molar-refractivity contribution in [3.8, 4) is 0 Å². The third-order valence-electron chi connectivity index (χ3n) is 5.13. The van der Waals surface area contributed by atoms with Crippen LogP contribution in [0.3, 0.4) is 0 Å². The van der Waals surface area contributed by atoms with Crippen molar-refractivity contribution >= 4 is 28.6 Å². The van der Waals surface area contributed by atoms with Crippen LogP contribution in [0.25, 0.3) is 10.8 Å². The summed E-state index contributed by atoms with van der Waals surface area (Å²) in [6.07, 6.45) is 4.71. The van der Waals surface area contributed by atoms with E-state index in [9.17, 15) is 14.4 Å². The first-order valence-electron chi connectivity index (χ1n) is 9.45. The SMILES string of the molecule is COC(=O)[C@@H]1CCCN1C(=O)C(NC(=O)c1ccc2ccncc2c1)C(C)C. The van der Waals surface area contributed by atoms with Crippen LogP contribution in [0.1, 0.15) is 37.0 Å². The summed E-state index contributed by atoms with van der Waals surface area (Å²) in [6, 6.07) is 5.91. The van der Waals surface area contributed by atoms with E-state index in [-0.39, 0.29) is 17.7 Å². The molecule has 2 atom stereocenters. The summed E-state index contributed by atoms with van der Waals surface area (Å²) in [6.45, 7) is 4.23. The van der Waals surface area contributed by atoms with Crippen LogP contribution in [0.4, 0.5) is 0 Å². The van der Waals surface area contributed by atoms with Gasteiger partial charge in [0.2, 0.25) is 5.91 Å². The highest BCUT2D eigenvalue weighted by Gasteiger charge is 2.39. The molecule has 7 heteroatoms. The first-order valence-corrected chi connectivity index (χ1v) is 9.45. The van der Waals surface area contributed by atoms with Gasteiger partial charge in [0.15, 0.2) is 0 Å². The Morgan fingerprint density at radius 1 is 1.21 bits per heavy atom. The molecular weight excluding hydrogens is 358 g/mol. The maximum absolute atomic E-state index is 13.1. The fourth-order valence-corrected chi connectivity index (χ4v) is 3.55. The highest BCUT2D eigenvalue weighted by atomic mass is 16.5. The van der Waals surface area contributed by atoms with E-state index in [1.54, 1.807) is 24.5 Å². The van der Waals surface area contributed by atoms with Crippen LogP contribution in [0.2, 0.25) is 0 Å². The summed E-state index contributed by atoms with van der Waals surface area (Å²) in [4.78, 5) is 43.5. The fourth-order valence-electron chi connectivity index (χ4n) is 3.55. The molecule has 2 heterocycles. The number of fused-ring (bicyclic) bond motifs is 1. The molecule has 2 aromatic rings. The second-order valence-electron chi connectivity index (χ2n) is 7.35. The zero-order chi connectivity index (χ0) is 20.3. The molecule has 1 N–H and O–H groups in total. The lowest BCUT2D eigenvalue weighted by molar-refractivity contribution is -0.151. The molecule has 1 aliphatic rings. The number of nitrogens with one attached hydrogen (secondary N) is 1. The Morgan fingerprint density at radius 3 is 2.71 bits per heavy atom. The fraction of sp³-hybridized carbons (Fsp3) is 0.429. The summed E-state index contributed by atoms with van der Waals surface area (Å²) in [5.41, 5.74) is 0.463. The van der Waals surface area contributed by atoms with Crippen LogP contribution in [0, 0.1) is 5.92 Å². The predicted molar refractivity (Wildman–Crippen MR) is 105 cm³/mol. The third-order valence-corrected chi connectivity index (χ3v) is 5.13. The number of hydrogen-bond acceptors (Lipinski definition) is 5. The molecule has 148 valence electrons. The summed E-state index contributed by atoms with van der Waals surface area (Å²) in [7, 11) is 1.32. The summed E-state index contributed by atoms with van der Waals surface area (Å²) in [5.74, 6) is -1.12. The van der Waals surface area contributed by atoms with Gasteiger partial charge in [0.05, 0.1) is 7.11 Å². The minimum Gasteiger partial charge on any atom is -0.467 e. The summed E-state index contributed by atoms with van der Waals surface area (Å²) in [5, 5.41) is 4.69. The Labute approximate surface area is 164 Å². The van der Waals surface area contributed by atoms with Crippen molar-refractivity contribution in [1.82, 2.24) is 15.2 Å². The number of nitrogens with zero attached hydrogens (tertiary/aromatic N) is 2. The number of pyridine rings is 1. The van der Waals surface area contributed by atoms with Gasteiger partial charge in [-0.3, -0.25) is 14.6 Å². The van der Waals surface area contributed by atoms with Crippen molar-refractivity contribution in [3.05, 3.63) is 42.2 Å². The van der Waals surface area contributed by atoms with Gasteiger partial charge in [-0.05, 0) is 42.3 Å². The zero-order valence-corrected chi connectivity index (χ0v) is 16.3. The Bertz CT molecular complexity index is 896. The van der Waals surface area contributed by atoms with Crippen molar-refractivity contribution in [3.63, 3.8) is 0 Å². The van der Waals surface area contributed by atoms with E-state index < -0.39 is 18.1 Å². The normalized spacial score (nSPS) is 17.6. The van der Waals surface area contributed by atoms with Crippen LogP contribution >= 0.6 is 0 Å². The van der Waals surface area contributed by atoms with Gasteiger partial charge in [0.1, 0.15) is 12.1 Å². The highest BCUT2D eigenvalue weighted by molar-refractivity contribution is 6.01. The standard InChI is InChI=1S/C21H25N3O4/c1-13(2)18(20(26)24-10-4-5-17(24)21(27)28-3)23-19(25)15-7-6-14-8-9-22-12-16(14)11-15/h6-9,11-13,17-18H,4-5,10H2,1-3H3,(H,23,25)/t17-,18?/m0/s1. The Balaban J connectivity index is 1.79. The van der Waals surface area contributed by atoms with Crippen LogP contribution in [0.5, 0.6) is 0 Å². The lowest BCUT2D eigenvalue weighted by atomic mass is 10.0. The first kappa shape index (κ1) is 19.8. The van der Waals surface area contributed by atoms with E-state index >= 15 is 0 Å². The van der Waals surface area contributed by atoms with Gasteiger partial charge in [-0.1, -0.05) is 19.9 Å². The first-order chi connectivity index (χ1) is 13.4. The molecule has 1 aromatic carbocycles. The van der Waals surface area contributed by atoms with Gasteiger partial charge in [-0.2, -0.15) is 0 Å². The van der Waals surface area contributed by atoms with Gasteiger partial charge in [0, 0.05) is 29.9 Å². The quantitative estimate of drug-likeness (QED) is 0.800. The molecule has 1 fully saturated rings. The number of methoxy groups -OCH3 is 1. The van der Waals surface area contributed by atoms with Gasteiger partial charge < -0.3 is 15.0 Å². The molecule has 0 spiro atoms. The molecule has 1 saturated heterocycles. The van der Waals surface area contributed by atoms with Gasteiger partial charge in [0.25, 0.3) is 5.91 Å². The second kappa shape index (κ2) is 8.37. The lowest BCUT2D eigenvalue weighted by Crippen LogP contribution is -2.53. The molecule has 1 unspecified atom stereocenters. The van der Waals surface area contributed by atoms with E-state index in [0.29, 0.717) is 18.5 Å². The zero-order valence-electron chi connectivity index (χ0n) is 16.3. The van der Waals surface area contributed by atoms with E-state index in [1.807, 2.05) is 26.0 Å². The molecule has 1 aromatic heterocycles. The molecule has 0 radical (unpaired) electrons. The number of likely N-dealkylation sites (tertiary alicyclic amines) is 1. The van der Waals surface area contributed by atoms with Gasteiger partial charge in [-0.25, -0.2) is 4.79 Å². The summed E-state index contributed by atoms with van der Waals surface area (Å²) < 4.78 is 4.82. The number of aromatic nitrogens is 1. The minimum atomic E-state index is -0.720. The maximum Gasteiger partial charge on any atom is 0.328 e. The number of hydrogen-bond donors (Lipinski definition) is 1. The van der Waals surface area contributed by atoms with Crippen LogP contribution < -0.4 is 5.32 Å². The van der Waals surface area contributed by atoms with Crippen molar-refractivity contribution in [2.75, 3.05) is 13.7 Å². The Hall–Kier alpha value is -2.96. The molecular formula is C21H25N3O4. The van der Waals surface area contributed by atoms with E-state index in [0.717, 1.165) is 17.2 Å².